The highest BCUT2D eigenvalue weighted by atomic mass is 16.2. The third kappa shape index (κ3) is 4.25. The van der Waals surface area contributed by atoms with Gasteiger partial charge in [-0.1, -0.05) is 60.7 Å². The topological polar surface area (TPSA) is 90.9 Å². The Kier molecular flexibility index (Phi) is 6.02. The predicted molar refractivity (Wildman–Crippen MR) is 122 cm³/mol. The number of imidazole rings is 1. The molecule has 2 aromatic heterocycles. The fourth-order valence-electron chi connectivity index (χ4n) is 3.88. The fraction of sp³-hybridized carbons (Fsp3) is 0.250. The summed E-state index contributed by atoms with van der Waals surface area (Å²) in [7, 11) is 3.22. The Morgan fingerprint density at radius 1 is 1.00 bits per heavy atom. The minimum absolute atomic E-state index is 0.246. The number of rotatable bonds is 7. The number of hydrogen-bond acceptors (Lipinski definition) is 4. The van der Waals surface area contributed by atoms with E-state index in [4.69, 9.17) is 0 Å². The van der Waals surface area contributed by atoms with Gasteiger partial charge in [0.25, 0.3) is 5.56 Å². The minimum atomic E-state index is -0.572. The highest BCUT2D eigenvalue weighted by Gasteiger charge is 2.19. The van der Waals surface area contributed by atoms with Crippen LogP contribution in [-0.2, 0) is 31.9 Å². The van der Waals surface area contributed by atoms with Gasteiger partial charge in [0.1, 0.15) is 6.54 Å². The molecule has 2 heterocycles. The summed E-state index contributed by atoms with van der Waals surface area (Å²) >= 11 is 0. The van der Waals surface area contributed by atoms with Gasteiger partial charge >= 0.3 is 5.69 Å². The molecule has 1 atom stereocenters. The van der Waals surface area contributed by atoms with E-state index in [9.17, 15) is 14.4 Å². The van der Waals surface area contributed by atoms with Crippen molar-refractivity contribution in [1.82, 2.24) is 24.0 Å². The smallest absolute Gasteiger partial charge is 0.332 e. The van der Waals surface area contributed by atoms with Crippen molar-refractivity contribution in [2.45, 2.75) is 25.4 Å². The van der Waals surface area contributed by atoms with Crippen LogP contribution in [0.5, 0.6) is 0 Å². The number of amides is 1. The first kappa shape index (κ1) is 21.3. The van der Waals surface area contributed by atoms with E-state index in [1.165, 1.54) is 23.5 Å². The molecule has 1 N–H and O–H groups in total. The highest BCUT2D eigenvalue weighted by molar-refractivity contribution is 5.77. The Morgan fingerprint density at radius 3 is 2.34 bits per heavy atom. The van der Waals surface area contributed by atoms with Crippen molar-refractivity contribution in [3.63, 3.8) is 0 Å². The SMILES string of the molecule is Cn1cnc2c1c(=O)n(CC(=O)NC(CCc1ccccc1)c1ccccc1)c(=O)n2C. The molecule has 8 nitrogen and oxygen atoms in total. The van der Waals surface area contributed by atoms with Crippen LogP contribution in [-0.4, -0.2) is 24.6 Å². The van der Waals surface area contributed by atoms with E-state index in [-0.39, 0.29) is 18.1 Å². The van der Waals surface area contributed by atoms with E-state index in [1.54, 1.807) is 11.6 Å². The van der Waals surface area contributed by atoms with Crippen LogP contribution in [0.2, 0.25) is 0 Å². The molecule has 8 heteroatoms. The van der Waals surface area contributed by atoms with Gasteiger partial charge in [0.15, 0.2) is 11.2 Å². The van der Waals surface area contributed by atoms with Crippen LogP contribution in [0.15, 0.2) is 76.6 Å². The molecule has 0 spiro atoms. The van der Waals surface area contributed by atoms with E-state index >= 15 is 0 Å². The predicted octanol–water partition coefficient (Wildman–Crippen LogP) is 1.92. The summed E-state index contributed by atoms with van der Waals surface area (Å²) in [5.74, 6) is -0.396. The Balaban J connectivity index is 1.58. The molecule has 1 unspecified atom stereocenters. The Labute approximate surface area is 184 Å². The average molecular weight is 431 g/mol. The number of fused-ring (bicyclic) bond motifs is 1. The summed E-state index contributed by atoms with van der Waals surface area (Å²) in [6.07, 6.45) is 2.95. The lowest BCUT2D eigenvalue weighted by Gasteiger charge is -2.20. The number of carbonyl (C=O) groups is 1. The second-order valence-corrected chi connectivity index (χ2v) is 7.82. The molecule has 0 saturated heterocycles. The summed E-state index contributed by atoms with van der Waals surface area (Å²) in [5, 5.41) is 3.01. The summed E-state index contributed by atoms with van der Waals surface area (Å²) in [4.78, 5) is 42.7. The number of aryl methyl sites for hydroxylation is 3. The summed E-state index contributed by atoms with van der Waals surface area (Å²) < 4.78 is 3.80. The molecule has 1 amide bonds. The maximum atomic E-state index is 12.9. The Morgan fingerprint density at radius 2 is 1.66 bits per heavy atom. The van der Waals surface area contributed by atoms with Crippen LogP contribution in [0.4, 0.5) is 0 Å². The van der Waals surface area contributed by atoms with Crippen LogP contribution in [0.3, 0.4) is 0 Å². The number of nitrogens with zero attached hydrogens (tertiary/aromatic N) is 4. The first-order valence-corrected chi connectivity index (χ1v) is 10.4. The van der Waals surface area contributed by atoms with Gasteiger partial charge in [0.05, 0.1) is 12.4 Å². The van der Waals surface area contributed by atoms with E-state index in [0.717, 1.165) is 16.6 Å². The number of carbonyl (C=O) groups excluding carboxylic acids is 1. The number of benzene rings is 2. The van der Waals surface area contributed by atoms with Crippen LogP contribution < -0.4 is 16.6 Å². The van der Waals surface area contributed by atoms with Crippen molar-refractivity contribution in [2.75, 3.05) is 0 Å². The Bertz CT molecular complexity index is 1350. The first-order valence-electron chi connectivity index (χ1n) is 10.4. The zero-order valence-corrected chi connectivity index (χ0v) is 18.1. The molecule has 0 bridgehead atoms. The van der Waals surface area contributed by atoms with Gasteiger partial charge in [0.2, 0.25) is 5.91 Å². The van der Waals surface area contributed by atoms with E-state index < -0.39 is 17.2 Å². The molecule has 0 aliphatic carbocycles. The molecule has 164 valence electrons. The molecule has 0 aliphatic rings. The number of nitrogens with one attached hydrogen (secondary N) is 1. The van der Waals surface area contributed by atoms with Gasteiger partial charge in [-0.3, -0.25) is 14.2 Å². The lowest BCUT2D eigenvalue weighted by atomic mass is 9.99. The molecule has 0 saturated carbocycles. The minimum Gasteiger partial charge on any atom is -0.348 e. The highest BCUT2D eigenvalue weighted by Crippen LogP contribution is 2.19. The standard InChI is InChI=1S/C24H25N5O3/c1-27-16-25-22-21(27)23(31)29(24(32)28(22)2)15-20(30)26-19(18-11-7-4-8-12-18)14-13-17-9-5-3-6-10-17/h3-12,16,19H,13-15H2,1-2H3,(H,26,30). The zero-order chi connectivity index (χ0) is 22.7. The van der Waals surface area contributed by atoms with Crippen molar-refractivity contribution in [1.29, 1.82) is 0 Å². The summed E-state index contributed by atoms with van der Waals surface area (Å²) in [6, 6.07) is 19.5. The molecular formula is C24H25N5O3. The van der Waals surface area contributed by atoms with Crippen molar-refractivity contribution in [2.24, 2.45) is 14.1 Å². The molecule has 32 heavy (non-hydrogen) atoms. The van der Waals surface area contributed by atoms with Crippen molar-refractivity contribution in [3.8, 4) is 0 Å². The largest absolute Gasteiger partial charge is 0.348 e. The normalized spacial score (nSPS) is 12.1. The van der Waals surface area contributed by atoms with E-state index in [0.29, 0.717) is 12.1 Å². The lowest BCUT2D eigenvalue weighted by molar-refractivity contribution is -0.122. The Hall–Kier alpha value is -3.94. The van der Waals surface area contributed by atoms with Gasteiger partial charge in [-0.2, -0.15) is 0 Å². The van der Waals surface area contributed by atoms with Crippen LogP contribution >= 0.6 is 0 Å². The number of hydrogen-bond donors (Lipinski definition) is 1. The van der Waals surface area contributed by atoms with E-state index in [2.05, 4.69) is 22.4 Å². The lowest BCUT2D eigenvalue weighted by Crippen LogP contribution is -2.44. The maximum Gasteiger partial charge on any atom is 0.332 e. The molecule has 2 aromatic carbocycles. The maximum absolute atomic E-state index is 12.9. The van der Waals surface area contributed by atoms with Gasteiger partial charge < -0.3 is 9.88 Å². The summed E-state index contributed by atoms with van der Waals surface area (Å²) in [5.41, 5.74) is 1.62. The van der Waals surface area contributed by atoms with Gasteiger partial charge in [-0.05, 0) is 24.0 Å². The molecule has 0 aliphatic heterocycles. The van der Waals surface area contributed by atoms with Gasteiger partial charge in [0, 0.05) is 14.1 Å². The monoisotopic (exact) mass is 431 g/mol. The van der Waals surface area contributed by atoms with Crippen LogP contribution in [0, 0.1) is 0 Å². The van der Waals surface area contributed by atoms with Crippen molar-refractivity contribution >= 4 is 17.1 Å². The molecule has 0 fully saturated rings. The van der Waals surface area contributed by atoms with Crippen molar-refractivity contribution in [3.05, 3.63) is 99.0 Å². The zero-order valence-electron chi connectivity index (χ0n) is 18.1. The molecule has 4 aromatic rings. The first-order chi connectivity index (χ1) is 15.5. The molecular weight excluding hydrogens is 406 g/mol. The van der Waals surface area contributed by atoms with E-state index in [1.807, 2.05) is 48.5 Å². The molecule has 4 rings (SSSR count). The fourth-order valence-corrected chi connectivity index (χ4v) is 3.88. The third-order valence-electron chi connectivity index (χ3n) is 5.60. The quantitative estimate of drug-likeness (QED) is 0.484. The van der Waals surface area contributed by atoms with Crippen molar-refractivity contribution < 1.29 is 4.79 Å². The van der Waals surface area contributed by atoms with Gasteiger partial charge in [-0.15, -0.1) is 0 Å². The second-order valence-electron chi connectivity index (χ2n) is 7.82. The van der Waals surface area contributed by atoms with Crippen LogP contribution in [0.25, 0.3) is 11.2 Å². The second kappa shape index (κ2) is 9.05. The average Bonchev–Trinajstić information content (AvgIpc) is 3.21. The van der Waals surface area contributed by atoms with Crippen LogP contribution in [0.1, 0.15) is 23.6 Å². The summed E-state index contributed by atoms with van der Waals surface area (Å²) in [6.45, 7) is -0.360. The van der Waals surface area contributed by atoms with Gasteiger partial charge in [-0.25, -0.2) is 14.3 Å². The number of aromatic nitrogens is 4. The third-order valence-corrected chi connectivity index (χ3v) is 5.60. The molecule has 0 radical (unpaired) electrons.